The molecule has 0 saturated carbocycles. The van der Waals surface area contributed by atoms with E-state index in [0.717, 1.165) is 5.56 Å². The van der Waals surface area contributed by atoms with Gasteiger partial charge in [0, 0.05) is 6.42 Å². The van der Waals surface area contributed by atoms with Crippen LogP contribution < -0.4 is 5.32 Å². The molecule has 5 nitrogen and oxygen atoms in total. The van der Waals surface area contributed by atoms with Gasteiger partial charge in [0.05, 0.1) is 11.8 Å². The molecule has 0 saturated heterocycles. The van der Waals surface area contributed by atoms with Gasteiger partial charge in [-0.2, -0.15) is 0 Å². The molecule has 0 aliphatic heterocycles. The standard InChI is InChI=1S/C21H23N3O2S/c1-15(17-9-5-3-6-10-17)13-20-23-24-21(26-20)27-14-19(25)22-16(2)18-11-7-4-8-12-18/h3-12,15-16H,13-14H2,1-2H3,(H,22,25). The van der Waals surface area contributed by atoms with Crippen LogP contribution in [0.3, 0.4) is 0 Å². The van der Waals surface area contributed by atoms with Crippen LogP contribution in [0, 0.1) is 0 Å². The Balaban J connectivity index is 1.47. The molecule has 2 atom stereocenters. The highest BCUT2D eigenvalue weighted by molar-refractivity contribution is 7.99. The van der Waals surface area contributed by atoms with Crippen molar-refractivity contribution in [3.63, 3.8) is 0 Å². The first-order valence-corrected chi connectivity index (χ1v) is 9.95. The molecule has 1 amide bonds. The largest absolute Gasteiger partial charge is 0.416 e. The molecule has 3 rings (SSSR count). The average Bonchev–Trinajstić information content (AvgIpc) is 3.15. The molecule has 1 N–H and O–H groups in total. The van der Waals surface area contributed by atoms with Crippen LogP contribution in [0.25, 0.3) is 0 Å². The van der Waals surface area contributed by atoms with E-state index in [0.29, 0.717) is 23.5 Å². The molecule has 0 spiro atoms. The van der Waals surface area contributed by atoms with Crippen LogP contribution >= 0.6 is 11.8 Å². The molecule has 2 aromatic carbocycles. The van der Waals surface area contributed by atoms with Gasteiger partial charge in [0.25, 0.3) is 5.22 Å². The van der Waals surface area contributed by atoms with E-state index in [9.17, 15) is 4.79 Å². The molecule has 0 aliphatic carbocycles. The Morgan fingerprint density at radius 1 is 1.00 bits per heavy atom. The number of carbonyl (C=O) groups is 1. The number of thioether (sulfide) groups is 1. The van der Waals surface area contributed by atoms with Gasteiger partial charge in [0.15, 0.2) is 0 Å². The number of hydrogen-bond acceptors (Lipinski definition) is 5. The average molecular weight is 382 g/mol. The van der Waals surface area contributed by atoms with E-state index in [2.05, 4.69) is 34.6 Å². The molecule has 2 unspecified atom stereocenters. The molecule has 1 aromatic heterocycles. The van der Waals surface area contributed by atoms with E-state index in [4.69, 9.17) is 4.42 Å². The van der Waals surface area contributed by atoms with Crippen LogP contribution in [0.2, 0.25) is 0 Å². The van der Waals surface area contributed by atoms with Crippen molar-refractivity contribution in [3.8, 4) is 0 Å². The van der Waals surface area contributed by atoms with Crippen LogP contribution in [0.4, 0.5) is 0 Å². The third-order valence-electron chi connectivity index (χ3n) is 4.30. The highest BCUT2D eigenvalue weighted by Gasteiger charge is 2.15. The fourth-order valence-corrected chi connectivity index (χ4v) is 3.37. The van der Waals surface area contributed by atoms with Crippen molar-refractivity contribution < 1.29 is 9.21 Å². The third kappa shape index (κ3) is 5.69. The predicted octanol–water partition coefficient (Wildman–Crippen LogP) is 4.39. The van der Waals surface area contributed by atoms with E-state index in [-0.39, 0.29) is 17.7 Å². The van der Waals surface area contributed by atoms with Crippen LogP contribution in [0.5, 0.6) is 0 Å². The van der Waals surface area contributed by atoms with Gasteiger partial charge < -0.3 is 9.73 Å². The number of nitrogens with one attached hydrogen (secondary N) is 1. The molecule has 6 heteroatoms. The Labute approximate surface area is 163 Å². The van der Waals surface area contributed by atoms with Crippen molar-refractivity contribution >= 4 is 17.7 Å². The second-order valence-electron chi connectivity index (χ2n) is 6.47. The molecule has 1 heterocycles. The molecular weight excluding hydrogens is 358 g/mol. The highest BCUT2D eigenvalue weighted by atomic mass is 32.2. The molecule has 27 heavy (non-hydrogen) atoms. The highest BCUT2D eigenvalue weighted by Crippen LogP contribution is 2.22. The van der Waals surface area contributed by atoms with Crippen LogP contribution in [0.1, 0.15) is 42.8 Å². The topological polar surface area (TPSA) is 68.0 Å². The lowest BCUT2D eigenvalue weighted by atomic mass is 9.98. The molecular formula is C21H23N3O2S. The Morgan fingerprint density at radius 2 is 1.63 bits per heavy atom. The van der Waals surface area contributed by atoms with E-state index in [1.165, 1.54) is 17.3 Å². The molecule has 3 aromatic rings. The Bertz CT molecular complexity index is 852. The van der Waals surface area contributed by atoms with Gasteiger partial charge in [-0.05, 0) is 24.0 Å². The summed E-state index contributed by atoms with van der Waals surface area (Å²) in [6.45, 7) is 4.10. The van der Waals surface area contributed by atoms with Crippen LogP contribution in [-0.4, -0.2) is 21.9 Å². The van der Waals surface area contributed by atoms with Crippen LogP contribution in [0.15, 0.2) is 70.3 Å². The normalized spacial score (nSPS) is 13.1. The summed E-state index contributed by atoms with van der Waals surface area (Å²) in [6.07, 6.45) is 0.675. The summed E-state index contributed by atoms with van der Waals surface area (Å²) < 4.78 is 5.68. The summed E-state index contributed by atoms with van der Waals surface area (Å²) in [7, 11) is 0. The zero-order valence-electron chi connectivity index (χ0n) is 15.5. The van der Waals surface area contributed by atoms with Gasteiger partial charge in [-0.15, -0.1) is 10.2 Å². The van der Waals surface area contributed by atoms with Gasteiger partial charge in [0.2, 0.25) is 11.8 Å². The van der Waals surface area contributed by atoms with Crippen molar-refractivity contribution in [1.29, 1.82) is 0 Å². The number of aromatic nitrogens is 2. The van der Waals surface area contributed by atoms with E-state index in [1.54, 1.807) is 0 Å². The van der Waals surface area contributed by atoms with E-state index < -0.39 is 0 Å². The van der Waals surface area contributed by atoms with Gasteiger partial charge in [0.1, 0.15) is 0 Å². The van der Waals surface area contributed by atoms with Crippen molar-refractivity contribution in [2.24, 2.45) is 0 Å². The third-order valence-corrected chi connectivity index (χ3v) is 5.12. The quantitative estimate of drug-likeness (QED) is 0.586. The lowest BCUT2D eigenvalue weighted by Gasteiger charge is -2.13. The summed E-state index contributed by atoms with van der Waals surface area (Å²) >= 11 is 1.26. The summed E-state index contributed by atoms with van der Waals surface area (Å²) in [5.74, 6) is 1.06. The molecule has 0 fully saturated rings. The maximum Gasteiger partial charge on any atom is 0.277 e. The van der Waals surface area contributed by atoms with Gasteiger partial charge >= 0.3 is 0 Å². The van der Waals surface area contributed by atoms with E-state index in [1.807, 2.05) is 55.5 Å². The predicted molar refractivity (Wildman–Crippen MR) is 107 cm³/mol. The summed E-state index contributed by atoms with van der Waals surface area (Å²) in [5, 5.41) is 11.5. The number of hydrogen-bond donors (Lipinski definition) is 1. The molecule has 0 aliphatic rings. The summed E-state index contributed by atoms with van der Waals surface area (Å²) in [6, 6.07) is 20.1. The number of amides is 1. The van der Waals surface area contributed by atoms with Crippen molar-refractivity contribution in [2.75, 3.05) is 5.75 Å². The number of nitrogens with zero attached hydrogens (tertiary/aromatic N) is 2. The monoisotopic (exact) mass is 381 g/mol. The fraction of sp³-hybridized carbons (Fsp3) is 0.286. The molecule has 140 valence electrons. The van der Waals surface area contributed by atoms with Gasteiger partial charge in [-0.25, -0.2) is 0 Å². The maximum atomic E-state index is 12.1. The number of carbonyl (C=O) groups excluding carboxylic acids is 1. The zero-order valence-corrected chi connectivity index (χ0v) is 16.3. The smallest absolute Gasteiger partial charge is 0.277 e. The minimum atomic E-state index is -0.0613. The van der Waals surface area contributed by atoms with Crippen molar-refractivity contribution in [1.82, 2.24) is 15.5 Å². The summed E-state index contributed by atoms with van der Waals surface area (Å²) in [5.41, 5.74) is 2.31. The van der Waals surface area contributed by atoms with Crippen LogP contribution in [-0.2, 0) is 11.2 Å². The number of rotatable bonds is 8. The van der Waals surface area contributed by atoms with Crippen molar-refractivity contribution in [2.45, 2.75) is 37.5 Å². The Kier molecular flexibility index (Phi) is 6.65. The minimum Gasteiger partial charge on any atom is -0.416 e. The molecule has 0 radical (unpaired) electrons. The maximum absolute atomic E-state index is 12.1. The van der Waals surface area contributed by atoms with Gasteiger partial charge in [-0.3, -0.25) is 4.79 Å². The first-order valence-electron chi connectivity index (χ1n) is 8.96. The SMILES string of the molecule is CC(Cc1nnc(SCC(=O)NC(C)c2ccccc2)o1)c1ccccc1. The lowest BCUT2D eigenvalue weighted by Crippen LogP contribution is -2.28. The lowest BCUT2D eigenvalue weighted by molar-refractivity contribution is -0.119. The minimum absolute atomic E-state index is 0.0377. The second-order valence-corrected chi connectivity index (χ2v) is 7.39. The number of benzene rings is 2. The summed E-state index contributed by atoms with van der Waals surface area (Å²) in [4.78, 5) is 12.1. The first-order chi connectivity index (χ1) is 13.1. The second kappa shape index (κ2) is 9.37. The Hall–Kier alpha value is -2.60. The Morgan fingerprint density at radius 3 is 2.30 bits per heavy atom. The first kappa shape index (κ1) is 19.2. The van der Waals surface area contributed by atoms with E-state index >= 15 is 0 Å². The fourth-order valence-electron chi connectivity index (χ4n) is 2.78. The zero-order chi connectivity index (χ0) is 19.1. The molecule has 0 bridgehead atoms. The van der Waals surface area contributed by atoms with Gasteiger partial charge in [-0.1, -0.05) is 79.3 Å². The van der Waals surface area contributed by atoms with Crippen molar-refractivity contribution in [3.05, 3.63) is 77.7 Å².